The summed E-state index contributed by atoms with van der Waals surface area (Å²) in [4.78, 5) is 32.8. The van der Waals surface area contributed by atoms with Crippen molar-refractivity contribution in [3.8, 4) is 0 Å². The van der Waals surface area contributed by atoms with Gasteiger partial charge in [-0.1, -0.05) is 0 Å². The molecule has 1 saturated heterocycles. The third kappa shape index (κ3) is 3.26. The molecule has 78 valence electrons. The Balaban J connectivity index is 2.33. The minimum absolute atomic E-state index is 0.286. The topological polar surface area (TPSA) is 66.5 Å². The highest BCUT2D eigenvalue weighted by atomic mass is 16.2. The van der Waals surface area contributed by atoms with Gasteiger partial charge in [0.1, 0.15) is 5.78 Å². The number of nitrogens with zero attached hydrogens (tertiary/aromatic N) is 1. The van der Waals surface area contributed by atoms with Gasteiger partial charge < -0.3 is 0 Å². The summed E-state index contributed by atoms with van der Waals surface area (Å²) in [6, 6.07) is 0. The number of hydrogen-bond acceptors (Lipinski definition) is 4. The molecule has 1 amide bonds. The second kappa shape index (κ2) is 4.85. The summed E-state index contributed by atoms with van der Waals surface area (Å²) in [5.74, 6) is -1.63. The van der Waals surface area contributed by atoms with Crippen LogP contribution in [0.3, 0.4) is 0 Å². The van der Waals surface area contributed by atoms with Crippen molar-refractivity contribution in [2.45, 2.75) is 26.2 Å². The molecule has 1 fully saturated rings. The first-order valence-electron chi connectivity index (χ1n) is 4.68. The molecular formula is C9H14N2O3. The maximum atomic E-state index is 11.2. The Morgan fingerprint density at radius 3 is 2.29 bits per heavy atom. The molecule has 1 rings (SSSR count). The Hall–Kier alpha value is -1.23. The molecule has 0 aromatic carbocycles. The highest BCUT2D eigenvalue weighted by molar-refractivity contribution is 6.39. The first kappa shape index (κ1) is 10.8. The van der Waals surface area contributed by atoms with E-state index in [0.717, 1.165) is 25.9 Å². The maximum absolute atomic E-state index is 11.2. The van der Waals surface area contributed by atoms with E-state index in [-0.39, 0.29) is 12.2 Å². The van der Waals surface area contributed by atoms with Crippen LogP contribution in [0, 0.1) is 0 Å². The summed E-state index contributed by atoms with van der Waals surface area (Å²) in [7, 11) is 0. The van der Waals surface area contributed by atoms with Crippen LogP contribution in [0.2, 0.25) is 0 Å². The van der Waals surface area contributed by atoms with Crippen molar-refractivity contribution >= 4 is 17.5 Å². The van der Waals surface area contributed by atoms with Crippen LogP contribution >= 0.6 is 0 Å². The Morgan fingerprint density at radius 1 is 1.21 bits per heavy atom. The third-order valence-corrected chi connectivity index (χ3v) is 2.03. The van der Waals surface area contributed by atoms with E-state index in [1.165, 1.54) is 6.92 Å². The summed E-state index contributed by atoms with van der Waals surface area (Å²) >= 11 is 0. The van der Waals surface area contributed by atoms with Gasteiger partial charge in [-0.2, -0.15) is 0 Å². The summed E-state index contributed by atoms with van der Waals surface area (Å²) in [5, 5.41) is 1.71. The van der Waals surface area contributed by atoms with Gasteiger partial charge >= 0.3 is 5.91 Å². The summed E-state index contributed by atoms with van der Waals surface area (Å²) < 4.78 is 0. The van der Waals surface area contributed by atoms with E-state index in [0.29, 0.717) is 0 Å². The Morgan fingerprint density at radius 2 is 1.79 bits per heavy atom. The molecule has 14 heavy (non-hydrogen) atoms. The fraction of sp³-hybridized carbons (Fsp3) is 0.667. The van der Waals surface area contributed by atoms with Crippen LogP contribution in [-0.4, -0.2) is 35.6 Å². The van der Waals surface area contributed by atoms with Crippen molar-refractivity contribution in [3.05, 3.63) is 0 Å². The number of amides is 1. The molecule has 0 spiro atoms. The van der Waals surface area contributed by atoms with Crippen LogP contribution < -0.4 is 5.43 Å². The van der Waals surface area contributed by atoms with Crippen LogP contribution in [-0.2, 0) is 14.4 Å². The molecule has 1 heterocycles. The molecular weight excluding hydrogens is 184 g/mol. The normalized spacial score (nSPS) is 16.6. The third-order valence-electron chi connectivity index (χ3n) is 2.03. The quantitative estimate of drug-likeness (QED) is 0.496. The number of rotatable bonds is 4. The van der Waals surface area contributed by atoms with Gasteiger partial charge in [-0.15, -0.1) is 0 Å². The van der Waals surface area contributed by atoms with Crippen LogP contribution in [0.5, 0.6) is 0 Å². The molecule has 0 atom stereocenters. The molecule has 0 saturated carbocycles. The van der Waals surface area contributed by atoms with Crippen molar-refractivity contribution in [2.75, 3.05) is 13.1 Å². The fourth-order valence-electron chi connectivity index (χ4n) is 1.34. The van der Waals surface area contributed by atoms with E-state index >= 15 is 0 Å². The first-order chi connectivity index (χ1) is 6.59. The minimum atomic E-state index is -0.679. The van der Waals surface area contributed by atoms with Crippen LogP contribution in [0.25, 0.3) is 0 Å². The van der Waals surface area contributed by atoms with Gasteiger partial charge in [0.2, 0.25) is 5.78 Å². The number of Topliss-reactive ketones (excluding diaryl/α,β-unsaturated/α-hetero) is 2. The van der Waals surface area contributed by atoms with Gasteiger partial charge in [0.05, 0.1) is 6.42 Å². The molecule has 0 unspecified atom stereocenters. The number of ketones is 2. The minimum Gasteiger partial charge on any atom is -0.300 e. The van der Waals surface area contributed by atoms with Gasteiger partial charge in [0, 0.05) is 13.1 Å². The molecule has 1 aliphatic heterocycles. The van der Waals surface area contributed by atoms with Crippen LogP contribution in [0.1, 0.15) is 26.2 Å². The van der Waals surface area contributed by atoms with Gasteiger partial charge in [0.15, 0.2) is 0 Å². The lowest BCUT2D eigenvalue weighted by Crippen LogP contribution is -2.43. The zero-order valence-corrected chi connectivity index (χ0v) is 8.21. The fourth-order valence-corrected chi connectivity index (χ4v) is 1.34. The summed E-state index contributed by atoms with van der Waals surface area (Å²) in [6.07, 6.45) is 1.75. The highest BCUT2D eigenvalue weighted by Gasteiger charge is 2.20. The Bertz CT molecular complexity index is 257. The Kier molecular flexibility index (Phi) is 3.76. The predicted octanol–water partition coefficient (Wildman–Crippen LogP) is -0.338. The molecule has 0 aromatic rings. The number of carbonyl (C=O) groups is 3. The zero-order chi connectivity index (χ0) is 10.6. The first-order valence-corrected chi connectivity index (χ1v) is 4.68. The number of hydrogen-bond donors (Lipinski definition) is 1. The predicted molar refractivity (Wildman–Crippen MR) is 49.3 cm³/mol. The van der Waals surface area contributed by atoms with E-state index < -0.39 is 11.7 Å². The van der Waals surface area contributed by atoms with E-state index in [2.05, 4.69) is 5.43 Å². The van der Waals surface area contributed by atoms with E-state index in [1.54, 1.807) is 5.01 Å². The standard InChI is InChI=1S/C9H14N2O3/c1-7(12)6-8(13)9(14)10-11-4-2-3-5-11/h2-6H2,1H3,(H,10,14). The van der Waals surface area contributed by atoms with E-state index in [9.17, 15) is 14.4 Å². The van der Waals surface area contributed by atoms with Crippen molar-refractivity contribution in [1.29, 1.82) is 0 Å². The average Bonchev–Trinajstić information content (AvgIpc) is 2.55. The SMILES string of the molecule is CC(=O)CC(=O)C(=O)NN1CCCC1. The van der Waals surface area contributed by atoms with E-state index in [1.807, 2.05) is 0 Å². The molecule has 0 aliphatic carbocycles. The Labute approximate surface area is 82.4 Å². The lowest BCUT2D eigenvalue weighted by molar-refractivity contribution is -0.142. The monoisotopic (exact) mass is 198 g/mol. The molecule has 0 aromatic heterocycles. The van der Waals surface area contributed by atoms with Crippen molar-refractivity contribution < 1.29 is 14.4 Å². The van der Waals surface area contributed by atoms with Gasteiger partial charge in [-0.25, -0.2) is 5.01 Å². The summed E-state index contributed by atoms with van der Waals surface area (Å²) in [6.45, 7) is 2.85. The highest BCUT2D eigenvalue weighted by Crippen LogP contribution is 2.03. The number of hydrazine groups is 1. The average molecular weight is 198 g/mol. The second-order valence-corrected chi connectivity index (χ2v) is 3.44. The lowest BCUT2D eigenvalue weighted by Gasteiger charge is -2.14. The number of nitrogens with one attached hydrogen (secondary N) is 1. The van der Waals surface area contributed by atoms with Gasteiger partial charge in [-0.05, 0) is 19.8 Å². The molecule has 0 radical (unpaired) electrons. The second-order valence-electron chi connectivity index (χ2n) is 3.44. The van der Waals surface area contributed by atoms with Crippen molar-refractivity contribution in [3.63, 3.8) is 0 Å². The van der Waals surface area contributed by atoms with Crippen LogP contribution in [0.15, 0.2) is 0 Å². The van der Waals surface area contributed by atoms with Gasteiger partial charge in [-0.3, -0.25) is 19.8 Å². The largest absolute Gasteiger partial charge is 0.302 e. The summed E-state index contributed by atoms with van der Waals surface area (Å²) in [5.41, 5.74) is 2.48. The van der Waals surface area contributed by atoms with Crippen molar-refractivity contribution in [1.82, 2.24) is 10.4 Å². The molecule has 5 heteroatoms. The number of carbonyl (C=O) groups excluding carboxylic acids is 3. The molecule has 0 bridgehead atoms. The molecule has 1 aliphatic rings. The molecule has 5 nitrogen and oxygen atoms in total. The maximum Gasteiger partial charge on any atom is 0.302 e. The zero-order valence-electron chi connectivity index (χ0n) is 8.21. The smallest absolute Gasteiger partial charge is 0.300 e. The lowest BCUT2D eigenvalue weighted by atomic mass is 10.2. The van der Waals surface area contributed by atoms with Crippen LogP contribution in [0.4, 0.5) is 0 Å². The van der Waals surface area contributed by atoms with Gasteiger partial charge in [0.25, 0.3) is 0 Å². The van der Waals surface area contributed by atoms with Crippen molar-refractivity contribution in [2.24, 2.45) is 0 Å². The van der Waals surface area contributed by atoms with E-state index in [4.69, 9.17) is 0 Å². The molecule has 1 N–H and O–H groups in total.